The number of nitrogens with one attached hydrogen (secondary N) is 1. The van der Waals surface area contributed by atoms with Crippen molar-refractivity contribution in [3.63, 3.8) is 0 Å². The molecule has 1 aromatic carbocycles. The van der Waals surface area contributed by atoms with Crippen LogP contribution in [0.25, 0.3) is 0 Å². The molecule has 4 nitrogen and oxygen atoms in total. The van der Waals surface area contributed by atoms with Gasteiger partial charge in [-0.2, -0.15) is 5.26 Å². The Balaban J connectivity index is 2.30. The molecule has 0 atom stereocenters. The van der Waals surface area contributed by atoms with Crippen molar-refractivity contribution in [1.29, 1.82) is 5.26 Å². The molecule has 17 heavy (non-hydrogen) atoms. The van der Waals surface area contributed by atoms with Crippen molar-refractivity contribution in [1.82, 2.24) is 10.2 Å². The van der Waals surface area contributed by atoms with E-state index in [1.807, 2.05) is 6.07 Å². The average Bonchev–Trinajstić information content (AvgIpc) is 2.34. The molecule has 1 N–H and O–H groups in total. The van der Waals surface area contributed by atoms with Gasteiger partial charge in [0.25, 0.3) is 0 Å². The first-order valence-corrected chi connectivity index (χ1v) is 5.03. The maximum absolute atomic E-state index is 12.9. The lowest BCUT2D eigenvalue weighted by Crippen LogP contribution is -1.97. The molecule has 2 rings (SSSR count). The van der Waals surface area contributed by atoms with Crippen LogP contribution in [0, 0.1) is 17.1 Å². The number of hydrogen-bond acceptors (Lipinski definition) is 4. The Kier molecular flexibility index (Phi) is 3.17. The quantitative estimate of drug-likeness (QED) is 0.888. The van der Waals surface area contributed by atoms with Crippen LogP contribution in [0.5, 0.6) is 0 Å². The average molecular weight is 249 g/mol. The van der Waals surface area contributed by atoms with Gasteiger partial charge in [-0.3, -0.25) is 0 Å². The van der Waals surface area contributed by atoms with E-state index in [2.05, 4.69) is 15.5 Å². The van der Waals surface area contributed by atoms with E-state index < -0.39 is 5.82 Å². The van der Waals surface area contributed by atoms with Crippen molar-refractivity contribution >= 4 is 23.1 Å². The summed E-state index contributed by atoms with van der Waals surface area (Å²) in [6.45, 7) is 0. The fraction of sp³-hybridized carbons (Fsp3) is 0. The van der Waals surface area contributed by atoms with Gasteiger partial charge in [-0.1, -0.05) is 11.6 Å². The second kappa shape index (κ2) is 4.76. The van der Waals surface area contributed by atoms with E-state index in [-0.39, 0.29) is 10.7 Å². The Morgan fingerprint density at radius 1 is 1.24 bits per heavy atom. The van der Waals surface area contributed by atoms with Gasteiger partial charge in [-0.15, -0.1) is 10.2 Å². The predicted octanol–water partition coefficient (Wildman–Crippen LogP) is 2.88. The number of benzene rings is 1. The van der Waals surface area contributed by atoms with Gasteiger partial charge in [-0.05, 0) is 30.3 Å². The Labute approximate surface area is 102 Å². The second-order valence-corrected chi connectivity index (χ2v) is 3.56. The van der Waals surface area contributed by atoms with E-state index in [4.69, 9.17) is 16.9 Å². The van der Waals surface area contributed by atoms with Crippen molar-refractivity contribution in [2.75, 3.05) is 5.32 Å². The van der Waals surface area contributed by atoms with Crippen molar-refractivity contribution in [3.05, 3.63) is 46.9 Å². The molecular formula is C11H6ClFN4. The van der Waals surface area contributed by atoms with Gasteiger partial charge in [0, 0.05) is 0 Å². The van der Waals surface area contributed by atoms with E-state index in [0.29, 0.717) is 11.5 Å². The second-order valence-electron chi connectivity index (χ2n) is 3.17. The van der Waals surface area contributed by atoms with E-state index in [1.54, 1.807) is 12.1 Å². The first-order chi connectivity index (χ1) is 8.19. The monoisotopic (exact) mass is 248 g/mol. The van der Waals surface area contributed by atoms with Crippen LogP contribution in [0.2, 0.25) is 5.15 Å². The fourth-order valence-corrected chi connectivity index (χ4v) is 1.34. The van der Waals surface area contributed by atoms with Gasteiger partial charge < -0.3 is 5.32 Å². The van der Waals surface area contributed by atoms with Crippen LogP contribution < -0.4 is 5.32 Å². The van der Waals surface area contributed by atoms with Crippen LogP contribution in [0.15, 0.2) is 30.3 Å². The Bertz CT molecular complexity index is 577. The van der Waals surface area contributed by atoms with Crippen molar-refractivity contribution in [2.24, 2.45) is 0 Å². The highest BCUT2D eigenvalue weighted by Crippen LogP contribution is 2.20. The van der Waals surface area contributed by atoms with Gasteiger partial charge >= 0.3 is 0 Å². The lowest BCUT2D eigenvalue weighted by Gasteiger charge is -2.06. The summed E-state index contributed by atoms with van der Waals surface area (Å²) in [4.78, 5) is 0. The Morgan fingerprint density at radius 3 is 2.71 bits per heavy atom. The summed E-state index contributed by atoms with van der Waals surface area (Å²) in [5, 5.41) is 19.4. The van der Waals surface area contributed by atoms with Crippen LogP contribution in [0.1, 0.15) is 5.56 Å². The topological polar surface area (TPSA) is 61.6 Å². The minimum atomic E-state index is -0.464. The van der Waals surface area contributed by atoms with Gasteiger partial charge in [0.2, 0.25) is 0 Å². The molecule has 0 fully saturated rings. The number of halogens is 2. The van der Waals surface area contributed by atoms with E-state index in [0.717, 1.165) is 6.07 Å². The van der Waals surface area contributed by atoms with Gasteiger partial charge in [0.05, 0.1) is 11.3 Å². The van der Waals surface area contributed by atoms with Gasteiger partial charge in [0.1, 0.15) is 11.9 Å². The molecule has 0 spiro atoms. The zero-order valence-corrected chi connectivity index (χ0v) is 9.24. The number of aromatic nitrogens is 2. The maximum Gasteiger partial charge on any atom is 0.153 e. The molecule has 0 aliphatic rings. The first kappa shape index (κ1) is 11.3. The van der Waals surface area contributed by atoms with Crippen LogP contribution in [0.4, 0.5) is 15.9 Å². The molecular weight excluding hydrogens is 243 g/mol. The van der Waals surface area contributed by atoms with Crippen LogP contribution in [0.3, 0.4) is 0 Å². The summed E-state index contributed by atoms with van der Waals surface area (Å²) in [6, 6.07) is 8.93. The van der Waals surface area contributed by atoms with E-state index >= 15 is 0 Å². The molecule has 0 saturated carbocycles. The van der Waals surface area contributed by atoms with Crippen LogP contribution in [-0.2, 0) is 0 Å². The molecule has 0 aliphatic heterocycles. The molecule has 1 heterocycles. The molecule has 0 radical (unpaired) electrons. The fourth-order valence-electron chi connectivity index (χ4n) is 1.24. The normalized spacial score (nSPS) is 9.71. The molecule has 6 heteroatoms. The van der Waals surface area contributed by atoms with Crippen LogP contribution >= 0.6 is 11.6 Å². The van der Waals surface area contributed by atoms with Crippen molar-refractivity contribution in [2.45, 2.75) is 0 Å². The van der Waals surface area contributed by atoms with Crippen molar-refractivity contribution in [3.8, 4) is 6.07 Å². The van der Waals surface area contributed by atoms with Crippen molar-refractivity contribution < 1.29 is 4.39 Å². The predicted molar refractivity (Wildman–Crippen MR) is 61.4 cm³/mol. The van der Waals surface area contributed by atoms with E-state index in [9.17, 15) is 4.39 Å². The molecule has 0 saturated heterocycles. The van der Waals surface area contributed by atoms with E-state index in [1.165, 1.54) is 12.1 Å². The third-order valence-electron chi connectivity index (χ3n) is 2.00. The number of anilines is 2. The number of hydrogen-bond donors (Lipinski definition) is 1. The maximum atomic E-state index is 12.9. The summed E-state index contributed by atoms with van der Waals surface area (Å²) in [6.07, 6.45) is 0. The number of rotatable bonds is 2. The highest BCUT2D eigenvalue weighted by Gasteiger charge is 2.04. The SMILES string of the molecule is N#Cc1cc(F)ccc1Nc1ccc(Cl)nn1. The largest absolute Gasteiger partial charge is 0.338 e. The summed E-state index contributed by atoms with van der Waals surface area (Å²) in [5.74, 6) is -0.0354. The highest BCUT2D eigenvalue weighted by atomic mass is 35.5. The smallest absolute Gasteiger partial charge is 0.153 e. The molecule has 84 valence electrons. The minimum Gasteiger partial charge on any atom is -0.338 e. The molecule has 1 aromatic heterocycles. The highest BCUT2D eigenvalue weighted by molar-refractivity contribution is 6.29. The third kappa shape index (κ3) is 2.68. The standard InChI is InChI=1S/C11H6ClFN4/c12-10-3-4-11(17-16-10)15-9-2-1-8(13)5-7(9)6-14/h1-5H,(H,15,17). The summed E-state index contributed by atoms with van der Waals surface area (Å²) < 4.78 is 12.9. The molecule has 0 bridgehead atoms. The summed E-state index contributed by atoms with van der Waals surface area (Å²) in [7, 11) is 0. The summed E-state index contributed by atoms with van der Waals surface area (Å²) >= 11 is 5.59. The Hall–Kier alpha value is -2.19. The zero-order chi connectivity index (χ0) is 12.3. The van der Waals surface area contributed by atoms with Gasteiger partial charge in [-0.25, -0.2) is 4.39 Å². The van der Waals surface area contributed by atoms with Crippen LogP contribution in [-0.4, -0.2) is 10.2 Å². The lowest BCUT2D eigenvalue weighted by molar-refractivity contribution is 0.627. The third-order valence-corrected chi connectivity index (χ3v) is 2.20. The minimum absolute atomic E-state index is 0.196. The summed E-state index contributed by atoms with van der Waals surface area (Å²) in [5.41, 5.74) is 0.660. The molecule has 0 amide bonds. The molecule has 0 aliphatic carbocycles. The number of nitrogens with zero attached hydrogens (tertiary/aromatic N) is 3. The molecule has 0 unspecified atom stereocenters. The molecule has 2 aromatic rings. The van der Waals surface area contributed by atoms with Gasteiger partial charge in [0.15, 0.2) is 11.0 Å². The number of nitriles is 1. The zero-order valence-electron chi connectivity index (χ0n) is 8.48. The lowest BCUT2D eigenvalue weighted by atomic mass is 10.2. The first-order valence-electron chi connectivity index (χ1n) is 4.65. The Morgan fingerprint density at radius 2 is 2.06 bits per heavy atom.